The molecule has 11 heteroatoms. The normalized spacial score (nSPS) is 23.9. The van der Waals surface area contributed by atoms with Crippen LogP contribution < -0.4 is 11.4 Å². The molecule has 0 amide bonds. The first-order chi connectivity index (χ1) is 12.0. The van der Waals surface area contributed by atoms with Crippen molar-refractivity contribution < 1.29 is 28.2 Å². The Balaban J connectivity index is 2.03. The molecule has 3 N–H and O–H groups in total. The molecule has 0 saturated carbocycles. The summed E-state index contributed by atoms with van der Waals surface area (Å²) in [6.45, 7) is 6.97. The molecule has 0 aliphatic carbocycles. The van der Waals surface area contributed by atoms with Crippen LogP contribution in [0.5, 0.6) is 0 Å². The third kappa shape index (κ3) is 5.35. The SMILES string of the molecule is CC(C)OP(=O)(CO[C@H]1COC(O)(n2ccc(N)nc2=O)C1)OC(C)C. The fraction of sp³-hybridized carbons (Fsp3) is 0.733. The van der Waals surface area contributed by atoms with Gasteiger partial charge in [-0.2, -0.15) is 4.98 Å². The van der Waals surface area contributed by atoms with E-state index in [0.29, 0.717) is 0 Å². The van der Waals surface area contributed by atoms with Gasteiger partial charge in [0.25, 0.3) is 5.91 Å². The number of nitrogens with two attached hydrogens (primary N) is 1. The third-order valence-electron chi connectivity index (χ3n) is 3.41. The summed E-state index contributed by atoms with van der Waals surface area (Å²) in [5.74, 6) is -1.87. The van der Waals surface area contributed by atoms with Crippen LogP contribution in [0.2, 0.25) is 0 Å². The number of anilines is 1. The van der Waals surface area contributed by atoms with E-state index in [-0.39, 0.29) is 37.4 Å². The molecule has 1 aromatic rings. The lowest BCUT2D eigenvalue weighted by molar-refractivity contribution is -0.237. The first-order valence-corrected chi connectivity index (χ1v) is 10.1. The lowest BCUT2D eigenvalue weighted by Gasteiger charge is -2.25. The number of aliphatic hydroxyl groups is 1. The van der Waals surface area contributed by atoms with Crippen molar-refractivity contribution in [2.75, 3.05) is 18.7 Å². The molecule has 10 nitrogen and oxygen atoms in total. The summed E-state index contributed by atoms with van der Waals surface area (Å²) in [5, 5.41) is 10.6. The largest absolute Gasteiger partial charge is 0.383 e. The maximum Gasteiger partial charge on any atom is 0.356 e. The van der Waals surface area contributed by atoms with Crippen LogP contribution in [-0.2, 0) is 29.0 Å². The van der Waals surface area contributed by atoms with Crippen molar-refractivity contribution in [2.45, 2.75) is 58.3 Å². The molecule has 1 unspecified atom stereocenters. The van der Waals surface area contributed by atoms with E-state index in [0.717, 1.165) is 4.57 Å². The minimum Gasteiger partial charge on any atom is -0.383 e. The summed E-state index contributed by atoms with van der Waals surface area (Å²) in [7, 11) is -3.47. The van der Waals surface area contributed by atoms with Crippen molar-refractivity contribution in [3.05, 3.63) is 22.7 Å². The monoisotopic (exact) mass is 391 g/mol. The van der Waals surface area contributed by atoms with Gasteiger partial charge in [-0.25, -0.2) is 9.36 Å². The van der Waals surface area contributed by atoms with E-state index < -0.39 is 25.3 Å². The number of nitrogens with zero attached hydrogens (tertiary/aromatic N) is 2. The molecule has 26 heavy (non-hydrogen) atoms. The fourth-order valence-corrected chi connectivity index (χ4v) is 4.37. The Labute approximate surface area is 151 Å². The molecule has 148 valence electrons. The average molecular weight is 391 g/mol. The number of ether oxygens (including phenoxy) is 2. The summed E-state index contributed by atoms with van der Waals surface area (Å²) in [5.41, 5.74) is 4.70. The smallest absolute Gasteiger partial charge is 0.356 e. The van der Waals surface area contributed by atoms with Gasteiger partial charge in [-0.3, -0.25) is 4.57 Å². The Morgan fingerprint density at radius 2 is 2.04 bits per heavy atom. The summed E-state index contributed by atoms with van der Waals surface area (Å²) in [6.07, 6.45) is -0.269. The fourth-order valence-electron chi connectivity index (χ4n) is 2.52. The Hall–Kier alpha value is -1.29. The first kappa shape index (κ1) is 21.0. The van der Waals surface area contributed by atoms with Gasteiger partial charge in [0.05, 0.1) is 31.3 Å². The van der Waals surface area contributed by atoms with Crippen molar-refractivity contribution in [3.8, 4) is 0 Å². The highest BCUT2D eigenvalue weighted by molar-refractivity contribution is 7.53. The summed E-state index contributed by atoms with van der Waals surface area (Å²) in [6, 6.07) is 1.37. The molecule has 0 aromatic carbocycles. The maximum absolute atomic E-state index is 12.8. The topological polar surface area (TPSA) is 135 Å². The predicted octanol–water partition coefficient (Wildman–Crippen LogP) is 1.23. The first-order valence-electron chi connectivity index (χ1n) is 8.32. The highest BCUT2D eigenvalue weighted by Crippen LogP contribution is 2.51. The van der Waals surface area contributed by atoms with Gasteiger partial charge in [-0.1, -0.05) is 0 Å². The quantitative estimate of drug-likeness (QED) is 0.627. The van der Waals surface area contributed by atoms with Gasteiger partial charge in [0, 0.05) is 6.20 Å². The molecule has 1 aliphatic rings. The second-order valence-electron chi connectivity index (χ2n) is 6.60. The van der Waals surface area contributed by atoms with E-state index in [1.54, 1.807) is 27.7 Å². The van der Waals surface area contributed by atoms with Gasteiger partial charge >= 0.3 is 13.3 Å². The second kappa shape index (κ2) is 8.16. The number of nitrogen functional groups attached to an aromatic ring is 1. The van der Waals surface area contributed by atoms with Crippen molar-refractivity contribution >= 4 is 13.4 Å². The highest BCUT2D eigenvalue weighted by Gasteiger charge is 2.43. The number of hydrogen-bond acceptors (Lipinski definition) is 9. The van der Waals surface area contributed by atoms with Crippen LogP contribution in [0.4, 0.5) is 5.82 Å². The lowest BCUT2D eigenvalue weighted by atomic mass is 10.2. The Morgan fingerprint density at radius 3 is 2.58 bits per heavy atom. The molecule has 1 aromatic heterocycles. The van der Waals surface area contributed by atoms with Gasteiger partial charge in [-0.05, 0) is 33.8 Å². The van der Waals surface area contributed by atoms with Crippen LogP contribution in [0, 0.1) is 0 Å². The van der Waals surface area contributed by atoms with E-state index in [1.807, 2.05) is 0 Å². The van der Waals surface area contributed by atoms with Crippen LogP contribution >= 0.6 is 7.60 Å². The molecule has 0 spiro atoms. The van der Waals surface area contributed by atoms with Crippen LogP contribution in [0.1, 0.15) is 34.1 Å². The molecular weight excluding hydrogens is 365 g/mol. The lowest BCUT2D eigenvalue weighted by Crippen LogP contribution is -2.41. The average Bonchev–Trinajstić information content (AvgIpc) is 2.86. The van der Waals surface area contributed by atoms with Crippen LogP contribution in [0.15, 0.2) is 17.1 Å². The molecule has 0 radical (unpaired) electrons. The molecule has 2 heterocycles. The van der Waals surface area contributed by atoms with Gasteiger partial charge in [0.1, 0.15) is 12.2 Å². The standard InChI is InChI=1S/C15H26N3O7P/c1-10(2)24-26(21,25-11(3)4)9-22-12-7-15(20,23-8-12)18-6-5-13(16)17-14(18)19/h5-6,10-12,20H,7-9H2,1-4H3,(H2,16,17,19)/t12-,15?/m1/s1. The minimum absolute atomic E-state index is 0.00330. The highest BCUT2D eigenvalue weighted by atomic mass is 31.2. The van der Waals surface area contributed by atoms with Gasteiger partial charge in [0.2, 0.25) is 0 Å². The van der Waals surface area contributed by atoms with Gasteiger partial charge in [0.15, 0.2) is 0 Å². The Bertz CT molecular complexity index is 709. The maximum atomic E-state index is 12.8. The Kier molecular flexibility index (Phi) is 6.60. The Morgan fingerprint density at radius 1 is 1.42 bits per heavy atom. The van der Waals surface area contributed by atoms with Crippen molar-refractivity contribution in [1.82, 2.24) is 9.55 Å². The van der Waals surface area contributed by atoms with Gasteiger partial charge < -0.3 is 29.4 Å². The zero-order valence-corrected chi connectivity index (χ0v) is 16.2. The number of hydrogen-bond donors (Lipinski definition) is 2. The molecule has 1 aliphatic heterocycles. The summed E-state index contributed by atoms with van der Waals surface area (Å²) >= 11 is 0. The van der Waals surface area contributed by atoms with E-state index in [9.17, 15) is 14.5 Å². The molecule has 1 fully saturated rings. The minimum atomic E-state index is -3.47. The van der Waals surface area contributed by atoms with Crippen LogP contribution in [0.3, 0.4) is 0 Å². The van der Waals surface area contributed by atoms with Crippen molar-refractivity contribution in [3.63, 3.8) is 0 Å². The third-order valence-corrected chi connectivity index (χ3v) is 5.36. The van der Waals surface area contributed by atoms with Crippen LogP contribution in [0.25, 0.3) is 0 Å². The molecule has 1 saturated heterocycles. The van der Waals surface area contributed by atoms with E-state index >= 15 is 0 Å². The molecule has 2 rings (SSSR count). The molecule has 0 bridgehead atoms. The van der Waals surface area contributed by atoms with Crippen molar-refractivity contribution in [2.24, 2.45) is 0 Å². The van der Waals surface area contributed by atoms with Gasteiger partial charge in [-0.15, -0.1) is 0 Å². The zero-order chi connectivity index (χ0) is 19.5. The van der Waals surface area contributed by atoms with E-state index in [2.05, 4.69) is 4.98 Å². The van der Waals surface area contributed by atoms with E-state index in [4.69, 9.17) is 24.3 Å². The summed E-state index contributed by atoms with van der Waals surface area (Å²) in [4.78, 5) is 15.5. The zero-order valence-electron chi connectivity index (χ0n) is 15.3. The second-order valence-corrected chi connectivity index (χ2v) is 8.50. The summed E-state index contributed by atoms with van der Waals surface area (Å²) < 4.78 is 35.4. The number of aromatic nitrogens is 2. The van der Waals surface area contributed by atoms with Crippen molar-refractivity contribution in [1.29, 1.82) is 0 Å². The van der Waals surface area contributed by atoms with Crippen LogP contribution in [-0.4, -0.2) is 45.9 Å². The van der Waals surface area contributed by atoms with E-state index in [1.165, 1.54) is 12.3 Å². The molecular formula is C15H26N3O7P. The molecule has 2 atom stereocenters. The number of rotatable bonds is 8. The predicted molar refractivity (Wildman–Crippen MR) is 93.5 cm³/mol.